The lowest BCUT2D eigenvalue weighted by Crippen LogP contribution is -2.32. The molecule has 0 aromatic rings. The topological polar surface area (TPSA) is 23.6 Å². The standard InChI is InChI=1S/C8H16N2O.C3H8/c1-8(11)10-5-3-4-9(2)6-7-10;1-3-2/h3-7H2,1-2H3;3H2,1-2H3. The van der Waals surface area contributed by atoms with Gasteiger partial charge in [0.1, 0.15) is 0 Å². The summed E-state index contributed by atoms with van der Waals surface area (Å²) in [6.07, 6.45) is 2.36. The molecule has 0 aromatic heterocycles. The Morgan fingerprint density at radius 1 is 1.14 bits per heavy atom. The summed E-state index contributed by atoms with van der Waals surface area (Å²) in [5, 5.41) is 0. The molecule has 0 N–H and O–H groups in total. The maximum absolute atomic E-state index is 11.0. The highest BCUT2D eigenvalue weighted by molar-refractivity contribution is 5.73. The van der Waals surface area contributed by atoms with Crippen LogP contribution in [0.1, 0.15) is 33.6 Å². The van der Waals surface area contributed by atoms with Gasteiger partial charge < -0.3 is 9.80 Å². The fourth-order valence-electron chi connectivity index (χ4n) is 1.36. The van der Waals surface area contributed by atoms with E-state index in [1.165, 1.54) is 6.42 Å². The first-order chi connectivity index (χ1) is 6.61. The number of rotatable bonds is 0. The molecule has 0 aliphatic carbocycles. The molecule has 1 heterocycles. The van der Waals surface area contributed by atoms with Crippen LogP contribution in [-0.4, -0.2) is 48.9 Å². The predicted octanol–water partition coefficient (Wildman–Crippen LogP) is 1.59. The van der Waals surface area contributed by atoms with E-state index in [0.29, 0.717) is 0 Å². The lowest BCUT2D eigenvalue weighted by atomic mass is 10.4. The number of hydrogen-bond acceptors (Lipinski definition) is 2. The molecule has 0 atom stereocenters. The van der Waals surface area contributed by atoms with Crippen LogP contribution in [0, 0.1) is 0 Å². The molecule has 1 aliphatic rings. The average molecular weight is 200 g/mol. The summed E-state index contributed by atoms with van der Waals surface area (Å²) in [7, 11) is 2.10. The molecule has 84 valence electrons. The molecule has 0 unspecified atom stereocenters. The summed E-state index contributed by atoms with van der Waals surface area (Å²) in [6, 6.07) is 0. The first kappa shape index (κ1) is 13.4. The molecule has 0 saturated carbocycles. The normalized spacial score (nSPS) is 18.1. The zero-order chi connectivity index (χ0) is 11.0. The van der Waals surface area contributed by atoms with Gasteiger partial charge in [0.15, 0.2) is 0 Å². The third-order valence-electron chi connectivity index (χ3n) is 2.16. The molecule has 1 amide bonds. The SMILES string of the molecule is CC(=O)N1CCCN(C)CC1.CCC. The molecule has 3 heteroatoms. The van der Waals surface area contributed by atoms with Crippen molar-refractivity contribution in [2.75, 3.05) is 33.2 Å². The van der Waals surface area contributed by atoms with Crippen LogP contribution in [0.5, 0.6) is 0 Å². The monoisotopic (exact) mass is 200 g/mol. The first-order valence-corrected chi connectivity index (χ1v) is 5.55. The van der Waals surface area contributed by atoms with Crippen LogP contribution in [0.15, 0.2) is 0 Å². The quantitative estimate of drug-likeness (QED) is 0.593. The van der Waals surface area contributed by atoms with Gasteiger partial charge in [-0.05, 0) is 20.0 Å². The van der Waals surface area contributed by atoms with Gasteiger partial charge >= 0.3 is 0 Å². The third kappa shape index (κ3) is 5.97. The minimum Gasteiger partial charge on any atom is -0.342 e. The Balaban J connectivity index is 0.000000500. The van der Waals surface area contributed by atoms with Crippen LogP contribution in [0.3, 0.4) is 0 Å². The number of carbonyl (C=O) groups excluding carboxylic acids is 1. The Labute approximate surface area is 88.1 Å². The lowest BCUT2D eigenvalue weighted by molar-refractivity contribution is -0.128. The maximum Gasteiger partial charge on any atom is 0.219 e. The highest BCUT2D eigenvalue weighted by Crippen LogP contribution is 2.00. The zero-order valence-electron chi connectivity index (χ0n) is 10.0. The lowest BCUT2D eigenvalue weighted by Gasteiger charge is -2.17. The van der Waals surface area contributed by atoms with E-state index in [9.17, 15) is 4.79 Å². The Morgan fingerprint density at radius 3 is 2.21 bits per heavy atom. The second kappa shape index (κ2) is 7.80. The largest absolute Gasteiger partial charge is 0.342 e. The minimum atomic E-state index is 0.209. The van der Waals surface area contributed by atoms with Gasteiger partial charge in [0, 0.05) is 26.6 Å². The second-order valence-corrected chi connectivity index (χ2v) is 3.87. The van der Waals surface area contributed by atoms with E-state index in [-0.39, 0.29) is 5.91 Å². The Morgan fingerprint density at radius 2 is 1.71 bits per heavy atom. The summed E-state index contributed by atoms with van der Waals surface area (Å²) < 4.78 is 0. The van der Waals surface area contributed by atoms with Crippen LogP contribution in [0.2, 0.25) is 0 Å². The molecule has 14 heavy (non-hydrogen) atoms. The number of carbonyl (C=O) groups is 1. The van der Waals surface area contributed by atoms with Crippen molar-refractivity contribution >= 4 is 5.91 Å². The summed E-state index contributed by atoms with van der Waals surface area (Å²) in [4.78, 5) is 15.2. The fraction of sp³-hybridized carbons (Fsp3) is 0.909. The van der Waals surface area contributed by atoms with Gasteiger partial charge in [0.05, 0.1) is 0 Å². The van der Waals surface area contributed by atoms with Crippen LogP contribution in [0.4, 0.5) is 0 Å². The molecule has 1 fully saturated rings. The molecule has 3 nitrogen and oxygen atoms in total. The van der Waals surface area contributed by atoms with Crippen LogP contribution >= 0.6 is 0 Å². The molecule has 1 aliphatic heterocycles. The predicted molar refractivity (Wildman–Crippen MR) is 60.3 cm³/mol. The molecule has 0 spiro atoms. The zero-order valence-corrected chi connectivity index (χ0v) is 10.0. The number of hydrogen-bond donors (Lipinski definition) is 0. The van der Waals surface area contributed by atoms with Crippen molar-refractivity contribution in [3.05, 3.63) is 0 Å². The Kier molecular flexibility index (Phi) is 7.48. The van der Waals surface area contributed by atoms with Gasteiger partial charge in [-0.2, -0.15) is 0 Å². The second-order valence-electron chi connectivity index (χ2n) is 3.87. The van der Waals surface area contributed by atoms with Crippen molar-refractivity contribution < 1.29 is 4.79 Å². The molecule has 0 aromatic carbocycles. The molecule has 0 bridgehead atoms. The highest BCUT2D eigenvalue weighted by Gasteiger charge is 2.12. The van der Waals surface area contributed by atoms with Gasteiger partial charge in [-0.15, -0.1) is 0 Å². The van der Waals surface area contributed by atoms with Crippen LogP contribution in [0.25, 0.3) is 0 Å². The average Bonchev–Trinajstić information content (AvgIpc) is 2.31. The molecular weight excluding hydrogens is 176 g/mol. The van der Waals surface area contributed by atoms with Crippen molar-refractivity contribution in [2.45, 2.75) is 33.6 Å². The van der Waals surface area contributed by atoms with E-state index in [0.717, 1.165) is 32.6 Å². The van der Waals surface area contributed by atoms with Crippen molar-refractivity contribution in [1.29, 1.82) is 0 Å². The van der Waals surface area contributed by atoms with Gasteiger partial charge in [0.25, 0.3) is 0 Å². The number of nitrogens with zero attached hydrogens (tertiary/aromatic N) is 2. The molecular formula is C11H24N2O. The van der Waals surface area contributed by atoms with E-state index in [2.05, 4.69) is 25.8 Å². The van der Waals surface area contributed by atoms with Crippen molar-refractivity contribution in [3.63, 3.8) is 0 Å². The summed E-state index contributed by atoms with van der Waals surface area (Å²) >= 11 is 0. The highest BCUT2D eigenvalue weighted by atomic mass is 16.2. The number of amides is 1. The summed E-state index contributed by atoms with van der Waals surface area (Å²) in [6.45, 7) is 9.85. The van der Waals surface area contributed by atoms with Gasteiger partial charge in [0.2, 0.25) is 5.91 Å². The van der Waals surface area contributed by atoms with E-state index >= 15 is 0 Å². The smallest absolute Gasteiger partial charge is 0.219 e. The Bertz CT molecular complexity index is 159. The third-order valence-corrected chi connectivity index (χ3v) is 2.16. The Hall–Kier alpha value is -0.570. The minimum absolute atomic E-state index is 0.209. The van der Waals surface area contributed by atoms with E-state index in [1.807, 2.05) is 4.90 Å². The molecule has 1 saturated heterocycles. The van der Waals surface area contributed by atoms with E-state index < -0.39 is 0 Å². The van der Waals surface area contributed by atoms with Crippen LogP contribution in [-0.2, 0) is 4.79 Å². The van der Waals surface area contributed by atoms with Crippen molar-refractivity contribution in [2.24, 2.45) is 0 Å². The summed E-state index contributed by atoms with van der Waals surface area (Å²) in [5.41, 5.74) is 0. The maximum atomic E-state index is 11.0. The fourth-order valence-corrected chi connectivity index (χ4v) is 1.36. The van der Waals surface area contributed by atoms with Crippen molar-refractivity contribution in [3.8, 4) is 0 Å². The van der Waals surface area contributed by atoms with Crippen molar-refractivity contribution in [1.82, 2.24) is 9.80 Å². The first-order valence-electron chi connectivity index (χ1n) is 5.55. The van der Waals surface area contributed by atoms with Gasteiger partial charge in [-0.3, -0.25) is 4.79 Å². The van der Waals surface area contributed by atoms with E-state index in [4.69, 9.17) is 0 Å². The van der Waals surface area contributed by atoms with Gasteiger partial charge in [-0.25, -0.2) is 0 Å². The van der Waals surface area contributed by atoms with E-state index in [1.54, 1.807) is 6.92 Å². The molecule has 1 rings (SSSR count). The summed E-state index contributed by atoms with van der Waals surface area (Å²) in [5.74, 6) is 0.209. The molecule has 0 radical (unpaired) electrons. The van der Waals surface area contributed by atoms with Gasteiger partial charge in [-0.1, -0.05) is 20.3 Å². The van der Waals surface area contributed by atoms with Crippen LogP contribution < -0.4 is 0 Å². The number of likely N-dealkylation sites (N-methyl/N-ethyl adjacent to an activating group) is 1.